The van der Waals surface area contributed by atoms with Gasteiger partial charge in [-0.1, -0.05) is 43.6 Å². The molecule has 11 heavy (non-hydrogen) atoms. The van der Waals surface area contributed by atoms with Crippen LogP contribution >= 0.6 is 15.9 Å². The Labute approximate surface area is 77.6 Å². The van der Waals surface area contributed by atoms with Crippen LogP contribution in [0.15, 0.2) is 11.3 Å². The predicted octanol–water partition coefficient (Wildman–Crippen LogP) is 3.51. The topological polar surface area (TPSA) is 20.2 Å². The van der Waals surface area contributed by atoms with Gasteiger partial charge in [0.25, 0.3) is 0 Å². The number of hydrogen-bond donors (Lipinski definition) is 1. The highest BCUT2D eigenvalue weighted by molar-refractivity contribution is 9.09. The molecule has 0 unspecified atom stereocenters. The predicted molar refractivity (Wildman–Crippen MR) is 53.1 cm³/mol. The molecule has 0 aromatic rings. The minimum absolute atomic E-state index is 0.241. The van der Waals surface area contributed by atoms with Crippen LogP contribution in [0, 0.1) is 11.8 Å². The van der Waals surface area contributed by atoms with E-state index >= 15 is 0 Å². The summed E-state index contributed by atoms with van der Waals surface area (Å²) in [6.45, 7) is 8.19. The van der Waals surface area contributed by atoms with Gasteiger partial charge >= 0.3 is 0 Å². The van der Waals surface area contributed by atoms with Crippen LogP contribution in [0.1, 0.15) is 27.7 Å². The molecule has 0 aliphatic heterocycles. The maximum Gasteiger partial charge on any atom is 0.0950 e. The average Bonchev–Trinajstić information content (AvgIpc) is 1.88. The van der Waals surface area contributed by atoms with Crippen LogP contribution in [0.25, 0.3) is 0 Å². The molecule has 0 aromatic carbocycles. The van der Waals surface area contributed by atoms with Crippen molar-refractivity contribution >= 4 is 15.9 Å². The molecule has 0 aliphatic rings. The van der Waals surface area contributed by atoms with Gasteiger partial charge in [0.15, 0.2) is 0 Å². The van der Waals surface area contributed by atoms with Crippen molar-refractivity contribution in [1.82, 2.24) is 0 Å². The van der Waals surface area contributed by atoms with Crippen LogP contribution in [0.4, 0.5) is 0 Å². The molecule has 0 spiro atoms. The highest BCUT2D eigenvalue weighted by Gasteiger charge is 2.10. The lowest BCUT2D eigenvalue weighted by atomic mass is 9.99. The Balaban J connectivity index is 4.54. The third kappa shape index (κ3) is 3.28. The van der Waals surface area contributed by atoms with E-state index < -0.39 is 0 Å². The smallest absolute Gasteiger partial charge is 0.0950 e. The highest BCUT2D eigenvalue weighted by atomic mass is 79.9. The number of aliphatic hydroxyl groups is 1. The summed E-state index contributed by atoms with van der Waals surface area (Å²) >= 11 is 3.37. The van der Waals surface area contributed by atoms with Gasteiger partial charge < -0.3 is 5.11 Å². The molecule has 0 fully saturated rings. The van der Waals surface area contributed by atoms with Gasteiger partial charge in [-0.3, -0.25) is 0 Å². The van der Waals surface area contributed by atoms with Crippen molar-refractivity contribution in [3.05, 3.63) is 11.3 Å². The van der Waals surface area contributed by atoms with E-state index in [4.69, 9.17) is 0 Å². The van der Waals surface area contributed by atoms with Gasteiger partial charge in [0.1, 0.15) is 0 Å². The van der Waals surface area contributed by atoms with Crippen molar-refractivity contribution in [2.45, 2.75) is 27.7 Å². The normalized spacial score (nSPS) is 14.1. The molecule has 0 aromatic heterocycles. The van der Waals surface area contributed by atoms with Crippen molar-refractivity contribution < 1.29 is 5.11 Å². The van der Waals surface area contributed by atoms with Crippen LogP contribution in [-0.2, 0) is 0 Å². The molecule has 0 atom stereocenters. The molecular weight excluding hydrogens is 204 g/mol. The van der Waals surface area contributed by atoms with Crippen LogP contribution in [0.5, 0.6) is 0 Å². The van der Waals surface area contributed by atoms with Gasteiger partial charge in [-0.05, 0) is 11.5 Å². The van der Waals surface area contributed by atoms with Gasteiger partial charge in [-0.25, -0.2) is 0 Å². The maximum atomic E-state index is 9.61. The first-order chi connectivity index (χ1) is 5.00. The summed E-state index contributed by atoms with van der Waals surface area (Å²) < 4.78 is 0. The Morgan fingerprint density at radius 2 is 1.64 bits per heavy atom. The van der Waals surface area contributed by atoms with Crippen molar-refractivity contribution in [2.75, 3.05) is 5.33 Å². The lowest BCUT2D eigenvalue weighted by Crippen LogP contribution is -2.05. The van der Waals surface area contributed by atoms with Crippen LogP contribution < -0.4 is 0 Å². The summed E-state index contributed by atoms with van der Waals surface area (Å²) in [7, 11) is 0. The van der Waals surface area contributed by atoms with E-state index in [1.807, 2.05) is 13.8 Å². The van der Waals surface area contributed by atoms with E-state index in [2.05, 4.69) is 29.8 Å². The molecule has 1 nitrogen and oxygen atoms in total. The lowest BCUT2D eigenvalue weighted by Gasteiger charge is -2.13. The van der Waals surface area contributed by atoms with E-state index in [-0.39, 0.29) is 5.92 Å². The Morgan fingerprint density at radius 1 is 1.18 bits per heavy atom. The van der Waals surface area contributed by atoms with E-state index in [1.165, 1.54) is 0 Å². The first-order valence-electron chi connectivity index (χ1n) is 3.98. The monoisotopic (exact) mass is 220 g/mol. The zero-order chi connectivity index (χ0) is 9.02. The van der Waals surface area contributed by atoms with E-state index in [9.17, 15) is 5.11 Å². The first kappa shape index (κ1) is 11.0. The number of halogens is 1. The molecule has 0 saturated carbocycles. The van der Waals surface area contributed by atoms with Gasteiger partial charge in [0, 0.05) is 11.2 Å². The highest BCUT2D eigenvalue weighted by Crippen LogP contribution is 2.20. The molecule has 1 N–H and O–H groups in total. The Kier molecular flexibility index (Phi) is 4.82. The number of rotatable bonds is 3. The molecular formula is C9H17BrO. The largest absolute Gasteiger partial charge is 0.512 e. The van der Waals surface area contributed by atoms with Gasteiger partial charge in [0.05, 0.1) is 5.76 Å². The second kappa shape index (κ2) is 4.81. The second-order valence-electron chi connectivity index (χ2n) is 3.35. The van der Waals surface area contributed by atoms with Crippen molar-refractivity contribution in [3.8, 4) is 0 Å². The number of hydrogen-bond acceptors (Lipinski definition) is 1. The molecule has 0 radical (unpaired) electrons. The molecule has 2 heteroatoms. The van der Waals surface area contributed by atoms with Crippen molar-refractivity contribution in [3.63, 3.8) is 0 Å². The molecule has 66 valence electrons. The van der Waals surface area contributed by atoms with E-state index in [1.54, 1.807) is 0 Å². The first-order valence-corrected chi connectivity index (χ1v) is 5.10. The molecule has 0 heterocycles. The average molecular weight is 221 g/mol. The number of alkyl halides is 1. The van der Waals surface area contributed by atoms with E-state index in [0.717, 1.165) is 10.9 Å². The lowest BCUT2D eigenvalue weighted by molar-refractivity contribution is 0.338. The quantitative estimate of drug-likeness (QED) is 0.571. The second-order valence-corrected chi connectivity index (χ2v) is 3.91. The van der Waals surface area contributed by atoms with Crippen LogP contribution in [0.2, 0.25) is 0 Å². The summed E-state index contributed by atoms with van der Waals surface area (Å²) in [5.41, 5.74) is 1.11. The zero-order valence-electron chi connectivity index (χ0n) is 7.69. The minimum atomic E-state index is 0.241. The molecule has 0 aliphatic carbocycles. The summed E-state index contributed by atoms with van der Waals surface area (Å²) in [6.07, 6.45) is 0. The molecule has 0 rings (SSSR count). The Bertz CT molecular complexity index is 148. The summed E-state index contributed by atoms with van der Waals surface area (Å²) in [6, 6.07) is 0. The van der Waals surface area contributed by atoms with Crippen LogP contribution in [-0.4, -0.2) is 10.4 Å². The third-order valence-corrected chi connectivity index (χ3v) is 2.32. The van der Waals surface area contributed by atoms with Gasteiger partial charge in [-0.2, -0.15) is 0 Å². The fourth-order valence-corrected chi connectivity index (χ4v) is 1.82. The standard InChI is InChI=1S/C9H17BrO/c1-6(2)8(5-10)9(11)7(3)4/h6-7,11H,5H2,1-4H3/b9-8+. The summed E-state index contributed by atoms with van der Waals surface area (Å²) in [5, 5.41) is 10.4. The van der Waals surface area contributed by atoms with E-state index in [0.29, 0.717) is 11.7 Å². The summed E-state index contributed by atoms with van der Waals surface area (Å²) in [5.74, 6) is 1.21. The Hall–Kier alpha value is 0.0200. The number of allylic oxidation sites excluding steroid dienone is 2. The SMILES string of the molecule is CC(C)/C(O)=C(/CBr)C(C)C. The van der Waals surface area contributed by atoms with Crippen molar-refractivity contribution in [1.29, 1.82) is 0 Å². The van der Waals surface area contributed by atoms with Gasteiger partial charge in [0.2, 0.25) is 0 Å². The zero-order valence-corrected chi connectivity index (χ0v) is 9.27. The third-order valence-electron chi connectivity index (χ3n) is 1.72. The molecule has 0 amide bonds. The van der Waals surface area contributed by atoms with Gasteiger partial charge in [-0.15, -0.1) is 0 Å². The fraction of sp³-hybridized carbons (Fsp3) is 0.778. The minimum Gasteiger partial charge on any atom is -0.512 e. The molecule has 0 bridgehead atoms. The Morgan fingerprint density at radius 3 is 1.73 bits per heavy atom. The molecule has 0 saturated heterocycles. The fourth-order valence-electron chi connectivity index (χ4n) is 0.889. The number of aliphatic hydroxyl groups excluding tert-OH is 1. The maximum absolute atomic E-state index is 9.61. The summed E-state index contributed by atoms with van der Waals surface area (Å²) in [4.78, 5) is 0. The van der Waals surface area contributed by atoms with Crippen LogP contribution in [0.3, 0.4) is 0 Å². The van der Waals surface area contributed by atoms with Crippen molar-refractivity contribution in [2.24, 2.45) is 11.8 Å².